The standard InChI is InChI=1S/C6H14N2.C4H9BO3.Pt/c7-5-3-1-2-4-6(5)8;1-2-3-4-8-5(6)7;/h5-6H,1-4,7-8H2;2-4H2,1H3;/q;-2;+2. The molecule has 0 bridgehead atoms. The largest absolute Gasteiger partial charge is 2.00 e. The van der Waals surface area contributed by atoms with Gasteiger partial charge in [-0.15, -0.1) is 0 Å². The van der Waals surface area contributed by atoms with E-state index in [9.17, 15) is 10.0 Å². The molecule has 4 N–H and O–H groups in total. The van der Waals surface area contributed by atoms with E-state index < -0.39 is 7.32 Å². The van der Waals surface area contributed by atoms with E-state index in [1.807, 2.05) is 6.92 Å². The SMILES string of the molecule is CCCCOB([O-])[O-].NC1CCCCC1N.[Pt+2]. The summed E-state index contributed by atoms with van der Waals surface area (Å²) >= 11 is 0. The zero-order valence-electron chi connectivity index (χ0n) is 10.4. The molecule has 0 spiro atoms. The minimum absolute atomic E-state index is 0. The van der Waals surface area contributed by atoms with Crippen LogP contribution in [0.4, 0.5) is 0 Å². The minimum atomic E-state index is -2.10. The van der Waals surface area contributed by atoms with Gasteiger partial charge in [0.15, 0.2) is 0 Å². The Hall–Kier alpha value is 0.553. The van der Waals surface area contributed by atoms with E-state index in [1.165, 1.54) is 12.8 Å². The number of rotatable bonds is 4. The van der Waals surface area contributed by atoms with Crippen LogP contribution in [0.5, 0.6) is 0 Å². The summed E-state index contributed by atoms with van der Waals surface area (Å²) in [5.74, 6) is 0. The molecule has 0 saturated heterocycles. The summed E-state index contributed by atoms with van der Waals surface area (Å²) in [7, 11) is -2.10. The fourth-order valence-electron chi connectivity index (χ4n) is 1.51. The van der Waals surface area contributed by atoms with E-state index >= 15 is 0 Å². The molecule has 104 valence electrons. The average Bonchev–Trinajstić information content (AvgIpc) is 2.23. The molecular formula is C10H23BN2O3Pt. The summed E-state index contributed by atoms with van der Waals surface area (Å²) in [5, 5.41) is 19.2. The first kappa shape index (κ1) is 19.9. The summed E-state index contributed by atoms with van der Waals surface area (Å²) < 4.78 is 4.17. The molecule has 1 aliphatic carbocycles. The molecule has 1 aliphatic rings. The van der Waals surface area contributed by atoms with E-state index in [0.717, 1.165) is 25.7 Å². The predicted molar refractivity (Wildman–Crippen MR) is 61.0 cm³/mol. The van der Waals surface area contributed by atoms with Crippen molar-refractivity contribution in [1.29, 1.82) is 0 Å². The van der Waals surface area contributed by atoms with Crippen molar-refractivity contribution in [3.63, 3.8) is 0 Å². The van der Waals surface area contributed by atoms with Crippen molar-refractivity contribution in [3.8, 4) is 0 Å². The topological polar surface area (TPSA) is 107 Å². The van der Waals surface area contributed by atoms with E-state index in [2.05, 4.69) is 4.65 Å². The van der Waals surface area contributed by atoms with Crippen molar-refractivity contribution in [2.45, 2.75) is 57.5 Å². The molecule has 1 rings (SSSR count). The van der Waals surface area contributed by atoms with Crippen molar-refractivity contribution in [2.75, 3.05) is 6.61 Å². The van der Waals surface area contributed by atoms with Crippen LogP contribution in [-0.2, 0) is 25.7 Å². The second-order valence-corrected chi connectivity index (χ2v) is 4.13. The molecule has 0 aromatic rings. The van der Waals surface area contributed by atoms with Gasteiger partial charge >= 0.3 is 21.1 Å². The summed E-state index contributed by atoms with van der Waals surface area (Å²) in [6.07, 6.45) is 6.54. The summed E-state index contributed by atoms with van der Waals surface area (Å²) in [5.41, 5.74) is 11.3. The third-order valence-electron chi connectivity index (χ3n) is 2.63. The molecule has 0 heterocycles. The first-order chi connectivity index (χ1) is 7.57. The van der Waals surface area contributed by atoms with Gasteiger partial charge in [-0.2, -0.15) is 0 Å². The Morgan fingerprint density at radius 1 is 1.18 bits per heavy atom. The maximum absolute atomic E-state index is 9.62. The van der Waals surface area contributed by atoms with Crippen LogP contribution in [0.2, 0.25) is 0 Å². The van der Waals surface area contributed by atoms with Gasteiger partial charge in [0.1, 0.15) is 0 Å². The number of hydrogen-bond donors (Lipinski definition) is 2. The van der Waals surface area contributed by atoms with Crippen molar-refractivity contribution in [3.05, 3.63) is 0 Å². The molecule has 1 saturated carbocycles. The molecule has 0 amide bonds. The van der Waals surface area contributed by atoms with E-state index in [0.29, 0.717) is 6.61 Å². The van der Waals surface area contributed by atoms with Crippen molar-refractivity contribution >= 4 is 7.32 Å². The normalized spacial score (nSPS) is 23.1. The van der Waals surface area contributed by atoms with Crippen LogP contribution in [0.25, 0.3) is 0 Å². The Morgan fingerprint density at radius 2 is 1.65 bits per heavy atom. The predicted octanol–water partition coefficient (Wildman–Crippen LogP) is -1.28. The molecule has 1 fully saturated rings. The van der Waals surface area contributed by atoms with Gasteiger partial charge in [0.25, 0.3) is 0 Å². The number of hydrogen-bond acceptors (Lipinski definition) is 5. The molecule has 2 atom stereocenters. The fourth-order valence-corrected chi connectivity index (χ4v) is 1.51. The van der Waals surface area contributed by atoms with E-state index in [-0.39, 0.29) is 33.1 Å². The molecule has 2 unspecified atom stereocenters. The summed E-state index contributed by atoms with van der Waals surface area (Å²) in [4.78, 5) is 0. The second-order valence-electron chi connectivity index (χ2n) is 4.13. The third kappa shape index (κ3) is 12.8. The van der Waals surface area contributed by atoms with Gasteiger partial charge in [-0.05, 0) is 19.3 Å². The smallest absolute Gasteiger partial charge is 0.871 e. The van der Waals surface area contributed by atoms with Crippen LogP contribution in [-0.4, -0.2) is 26.0 Å². The van der Waals surface area contributed by atoms with Crippen LogP contribution in [0.3, 0.4) is 0 Å². The maximum Gasteiger partial charge on any atom is 2.00 e. The number of unbranched alkanes of at least 4 members (excludes halogenated alkanes) is 1. The zero-order valence-corrected chi connectivity index (χ0v) is 12.6. The first-order valence-corrected chi connectivity index (χ1v) is 6.02. The van der Waals surface area contributed by atoms with Gasteiger partial charge < -0.3 is 26.2 Å². The van der Waals surface area contributed by atoms with Gasteiger partial charge in [-0.3, -0.25) is 0 Å². The second kappa shape index (κ2) is 13.0. The monoisotopic (exact) mass is 425 g/mol. The quantitative estimate of drug-likeness (QED) is 0.431. The van der Waals surface area contributed by atoms with Gasteiger partial charge in [0.2, 0.25) is 0 Å². The zero-order chi connectivity index (χ0) is 12.4. The molecule has 5 nitrogen and oxygen atoms in total. The molecule has 17 heavy (non-hydrogen) atoms. The minimum Gasteiger partial charge on any atom is -0.871 e. The van der Waals surface area contributed by atoms with Crippen LogP contribution < -0.4 is 21.5 Å². The van der Waals surface area contributed by atoms with Crippen LogP contribution in [0.15, 0.2) is 0 Å². The van der Waals surface area contributed by atoms with Gasteiger partial charge in [0, 0.05) is 18.7 Å². The maximum atomic E-state index is 9.62. The Morgan fingerprint density at radius 3 is 1.94 bits per heavy atom. The molecule has 0 radical (unpaired) electrons. The summed E-state index contributed by atoms with van der Waals surface area (Å²) in [6.45, 7) is 2.27. The van der Waals surface area contributed by atoms with Gasteiger partial charge in [-0.1, -0.05) is 26.2 Å². The van der Waals surface area contributed by atoms with Gasteiger partial charge in [-0.25, -0.2) is 0 Å². The fraction of sp³-hybridized carbons (Fsp3) is 1.00. The van der Waals surface area contributed by atoms with Gasteiger partial charge in [0.05, 0.1) is 7.32 Å². The van der Waals surface area contributed by atoms with E-state index in [1.54, 1.807) is 0 Å². The van der Waals surface area contributed by atoms with E-state index in [4.69, 9.17) is 11.5 Å². The molecule has 0 aliphatic heterocycles. The Balaban J connectivity index is 0. The first-order valence-electron chi connectivity index (χ1n) is 6.02. The van der Waals surface area contributed by atoms with Crippen molar-refractivity contribution < 1.29 is 35.8 Å². The van der Waals surface area contributed by atoms with Crippen molar-refractivity contribution in [2.24, 2.45) is 11.5 Å². The Kier molecular flexibility index (Phi) is 15.2. The average molecular weight is 425 g/mol. The molecule has 0 aromatic heterocycles. The van der Waals surface area contributed by atoms with Crippen LogP contribution >= 0.6 is 0 Å². The molecule has 0 aromatic carbocycles. The van der Waals surface area contributed by atoms with Crippen molar-refractivity contribution in [1.82, 2.24) is 0 Å². The molecular weight excluding hydrogens is 402 g/mol. The summed E-state index contributed by atoms with van der Waals surface area (Å²) in [6, 6.07) is 0.562. The third-order valence-corrected chi connectivity index (χ3v) is 2.63. The van der Waals surface area contributed by atoms with Crippen LogP contribution in [0, 0.1) is 0 Å². The number of nitrogens with two attached hydrogens (primary N) is 2. The Bertz CT molecular complexity index is 156. The molecule has 7 heteroatoms. The Labute approximate surface area is 119 Å². The van der Waals surface area contributed by atoms with Crippen LogP contribution in [0.1, 0.15) is 45.4 Å².